The van der Waals surface area contributed by atoms with Crippen LogP contribution in [0.5, 0.6) is 5.88 Å². The van der Waals surface area contributed by atoms with Gasteiger partial charge in [0, 0.05) is 32.3 Å². The van der Waals surface area contributed by atoms with Gasteiger partial charge in [0.25, 0.3) is 0 Å². The summed E-state index contributed by atoms with van der Waals surface area (Å²) in [7, 11) is 1.62. The predicted octanol–water partition coefficient (Wildman–Crippen LogP) is 2.00. The summed E-state index contributed by atoms with van der Waals surface area (Å²) in [5.74, 6) is 0.970. The Morgan fingerprint density at radius 3 is 3.00 bits per heavy atom. The standard InChI is InChI=1S/C19H23ClN8O3/c1-4-15(29)27-8-11(13(9-27)30-3)10-31-18-16-12(20)6-21-17(16)24-19(25-18)23-14-7-22-28(5-2)26-14/h4,6-7,11,13H,1,5,8-10H2,2-3H3,(H2,21,23,24,25,26)/t11-,13?/m1/s1. The lowest BCUT2D eigenvalue weighted by Crippen LogP contribution is -2.28. The highest BCUT2D eigenvalue weighted by Gasteiger charge is 2.35. The minimum atomic E-state index is -0.149. The summed E-state index contributed by atoms with van der Waals surface area (Å²) in [4.78, 5) is 27.1. The van der Waals surface area contributed by atoms with Crippen molar-refractivity contribution in [3.8, 4) is 5.88 Å². The maximum Gasteiger partial charge on any atom is 0.246 e. The van der Waals surface area contributed by atoms with E-state index in [-0.39, 0.29) is 17.9 Å². The van der Waals surface area contributed by atoms with Crippen LogP contribution in [0.25, 0.3) is 11.0 Å². The highest BCUT2D eigenvalue weighted by Crippen LogP contribution is 2.32. The van der Waals surface area contributed by atoms with Gasteiger partial charge in [0.15, 0.2) is 5.82 Å². The van der Waals surface area contributed by atoms with Gasteiger partial charge in [0.05, 0.1) is 35.9 Å². The number of fused-ring (bicyclic) bond motifs is 1. The van der Waals surface area contributed by atoms with Crippen molar-refractivity contribution in [1.29, 1.82) is 0 Å². The lowest BCUT2D eigenvalue weighted by atomic mass is 10.1. The van der Waals surface area contributed by atoms with Crippen LogP contribution in [0, 0.1) is 5.92 Å². The molecular formula is C19H23ClN8O3. The van der Waals surface area contributed by atoms with Crippen molar-refractivity contribution in [3.05, 3.63) is 30.1 Å². The van der Waals surface area contributed by atoms with Crippen molar-refractivity contribution in [2.24, 2.45) is 5.92 Å². The van der Waals surface area contributed by atoms with E-state index in [9.17, 15) is 4.79 Å². The second-order valence-electron chi connectivity index (χ2n) is 7.05. The van der Waals surface area contributed by atoms with Crippen molar-refractivity contribution >= 4 is 40.3 Å². The largest absolute Gasteiger partial charge is 0.477 e. The molecule has 1 fully saturated rings. The van der Waals surface area contributed by atoms with E-state index in [0.717, 1.165) is 0 Å². The lowest BCUT2D eigenvalue weighted by molar-refractivity contribution is -0.125. The summed E-state index contributed by atoms with van der Waals surface area (Å²) in [5, 5.41) is 12.5. The Morgan fingerprint density at radius 2 is 2.29 bits per heavy atom. The van der Waals surface area contributed by atoms with E-state index in [1.807, 2.05) is 6.92 Å². The van der Waals surface area contributed by atoms with Gasteiger partial charge in [-0.1, -0.05) is 18.2 Å². The number of halogens is 1. The zero-order chi connectivity index (χ0) is 22.0. The summed E-state index contributed by atoms with van der Waals surface area (Å²) >= 11 is 6.32. The van der Waals surface area contributed by atoms with Crippen LogP contribution >= 0.6 is 11.6 Å². The fraction of sp³-hybridized carbons (Fsp3) is 0.421. The van der Waals surface area contributed by atoms with Crippen molar-refractivity contribution < 1.29 is 14.3 Å². The van der Waals surface area contributed by atoms with E-state index in [4.69, 9.17) is 21.1 Å². The molecule has 0 bridgehead atoms. The second-order valence-corrected chi connectivity index (χ2v) is 7.46. The van der Waals surface area contributed by atoms with Gasteiger partial charge in [0.2, 0.25) is 17.7 Å². The van der Waals surface area contributed by atoms with E-state index in [2.05, 4.69) is 37.0 Å². The molecule has 1 aliphatic rings. The molecule has 4 heterocycles. The Labute approximate surface area is 183 Å². The SMILES string of the molecule is C=CC(=O)N1CC(OC)[C@@H](COc2nc(Nc3cnn(CC)n3)nc3[nH]cc(Cl)c23)C1. The normalized spacial score (nSPS) is 18.5. The smallest absolute Gasteiger partial charge is 0.246 e. The average Bonchev–Trinajstić information content (AvgIpc) is 3.50. The molecule has 0 aromatic carbocycles. The maximum absolute atomic E-state index is 12.0. The molecule has 4 rings (SSSR count). The number of methoxy groups -OCH3 is 1. The fourth-order valence-corrected chi connectivity index (χ4v) is 3.73. The third kappa shape index (κ3) is 4.32. The van der Waals surface area contributed by atoms with Crippen LogP contribution in [0.1, 0.15) is 6.92 Å². The number of nitrogens with one attached hydrogen (secondary N) is 2. The Balaban J connectivity index is 1.55. The van der Waals surface area contributed by atoms with Gasteiger partial charge in [-0.25, -0.2) is 0 Å². The van der Waals surface area contributed by atoms with E-state index in [1.54, 1.807) is 29.2 Å². The van der Waals surface area contributed by atoms with Crippen LogP contribution in [0.3, 0.4) is 0 Å². The Hall–Kier alpha value is -3.18. The number of hydrogen-bond donors (Lipinski definition) is 2. The number of rotatable bonds is 8. The number of aromatic nitrogens is 6. The highest BCUT2D eigenvalue weighted by atomic mass is 35.5. The molecule has 2 atom stereocenters. The number of nitrogens with zero attached hydrogens (tertiary/aromatic N) is 6. The summed E-state index contributed by atoms with van der Waals surface area (Å²) in [6, 6.07) is 0. The monoisotopic (exact) mass is 446 g/mol. The molecule has 1 unspecified atom stereocenters. The highest BCUT2D eigenvalue weighted by molar-refractivity contribution is 6.35. The number of aromatic amines is 1. The molecule has 164 valence electrons. The van der Waals surface area contributed by atoms with E-state index in [1.165, 1.54) is 6.08 Å². The fourth-order valence-electron chi connectivity index (χ4n) is 3.51. The van der Waals surface area contributed by atoms with E-state index in [0.29, 0.717) is 59.9 Å². The molecule has 12 heteroatoms. The van der Waals surface area contributed by atoms with Crippen LogP contribution in [0.15, 0.2) is 25.0 Å². The van der Waals surface area contributed by atoms with Crippen LogP contribution in [-0.4, -0.2) is 73.7 Å². The van der Waals surface area contributed by atoms with Crippen LogP contribution in [-0.2, 0) is 16.1 Å². The van der Waals surface area contributed by atoms with Crippen LogP contribution in [0.4, 0.5) is 11.8 Å². The van der Waals surface area contributed by atoms with Gasteiger partial charge in [0.1, 0.15) is 5.65 Å². The maximum atomic E-state index is 12.0. The number of carbonyl (C=O) groups is 1. The van der Waals surface area contributed by atoms with Crippen molar-refractivity contribution in [1.82, 2.24) is 34.8 Å². The molecule has 1 amide bonds. The van der Waals surface area contributed by atoms with E-state index < -0.39 is 0 Å². The number of likely N-dealkylation sites (tertiary alicyclic amines) is 1. The number of aryl methyl sites for hydroxylation is 1. The molecule has 31 heavy (non-hydrogen) atoms. The molecule has 0 saturated carbocycles. The van der Waals surface area contributed by atoms with Gasteiger partial charge < -0.3 is 24.7 Å². The van der Waals surface area contributed by atoms with Crippen molar-refractivity contribution in [2.45, 2.75) is 19.6 Å². The van der Waals surface area contributed by atoms with Crippen molar-refractivity contribution in [2.75, 3.05) is 32.1 Å². The zero-order valence-corrected chi connectivity index (χ0v) is 18.0. The Kier molecular flexibility index (Phi) is 6.05. The summed E-state index contributed by atoms with van der Waals surface area (Å²) in [5.41, 5.74) is 0.526. The number of carbonyl (C=O) groups excluding carboxylic acids is 1. The molecule has 1 aliphatic heterocycles. The minimum Gasteiger partial charge on any atom is -0.477 e. The summed E-state index contributed by atoms with van der Waals surface area (Å²) < 4.78 is 11.6. The first-order chi connectivity index (χ1) is 15.0. The number of ether oxygens (including phenoxy) is 2. The van der Waals surface area contributed by atoms with Crippen molar-refractivity contribution in [3.63, 3.8) is 0 Å². The molecule has 11 nitrogen and oxygen atoms in total. The quantitative estimate of drug-likeness (QED) is 0.503. The van der Waals surface area contributed by atoms with Crippen LogP contribution in [0.2, 0.25) is 5.02 Å². The topological polar surface area (TPSA) is 123 Å². The molecule has 3 aromatic heterocycles. The summed E-state index contributed by atoms with van der Waals surface area (Å²) in [6.45, 7) is 7.42. The molecule has 3 aromatic rings. The summed E-state index contributed by atoms with van der Waals surface area (Å²) in [6.07, 6.45) is 4.37. The molecule has 1 saturated heterocycles. The van der Waals surface area contributed by atoms with Gasteiger partial charge in [-0.2, -0.15) is 19.9 Å². The first-order valence-corrected chi connectivity index (χ1v) is 10.2. The van der Waals surface area contributed by atoms with Gasteiger partial charge >= 0.3 is 0 Å². The number of hydrogen-bond acceptors (Lipinski definition) is 8. The molecule has 2 N–H and O–H groups in total. The first-order valence-electron chi connectivity index (χ1n) is 9.81. The zero-order valence-electron chi connectivity index (χ0n) is 17.2. The lowest BCUT2D eigenvalue weighted by Gasteiger charge is -2.17. The Morgan fingerprint density at radius 1 is 1.45 bits per heavy atom. The number of H-pyrrole nitrogens is 1. The molecular weight excluding hydrogens is 424 g/mol. The van der Waals surface area contributed by atoms with Gasteiger partial charge in [-0.05, 0) is 13.0 Å². The van der Waals surface area contributed by atoms with Gasteiger partial charge in [-0.3, -0.25) is 4.79 Å². The number of amides is 1. The minimum absolute atomic E-state index is 0.0301. The van der Waals surface area contributed by atoms with Crippen LogP contribution < -0.4 is 10.1 Å². The molecule has 0 spiro atoms. The number of anilines is 2. The molecule has 0 aliphatic carbocycles. The molecule has 0 radical (unpaired) electrons. The second kappa shape index (κ2) is 8.90. The first kappa shape index (κ1) is 21.1. The Bertz CT molecular complexity index is 1100. The third-order valence-corrected chi connectivity index (χ3v) is 5.41. The third-order valence-electron chi connectivity index (χ3n) is 5.11. The average molecular weight is 447 g/mol. The van der Waals surface area contributed by atoms with Gasteiger partial charge in [-0.15, -0.1) is 5.10 Å². The predicted molar refractivity (Wildman–Crippen MR) is 114 cm³/mol. The van der Waals surface area contributed by atoms with E-state index >= 15 is 0 Å².